The number of hydrogen-bond acceptors (Lipinski definition) is 1. The Morgan fingerprint density at radius 2 is 0.436 bits per heavy atom. The summed E-state index contributed by atoms with van der Waals surface area (Å²) in [5.74, 6) is 0. The van der Waals surface area contributed by atoms with E-state index in [4.69, 9.17) is 4.74 Å². The van der Waals surface area contributed by atoms with Crippen molar-refractivity contribution in [1.82, 2.24) is 0 Å². The number of fused-ring (bicyclic) bond motifs is 15. The summed E-state index contributed by atoms with van der Waals surface area (Å²) in [6.45, 7) is 0. The monoisotopic (exact) mass is 496 g/mol. The van der Waals surface area contributed by atoms with Gasteiger partial charge in [-0.15, -0.1) is 0 Å². The van der Waals surface area contributed by atoms with Crippen LogP contribution in [-0.4, -0.2) is 0 Å². The average Bonchev–Trinajstić information content (AvgIpc) is 3.41. The number of rotatable bonds is 0. The van der Waals surface area contributed by atoms with Crippen LogP contribution in [0.4, 0.5) is 0 Å². The van der Waals surface area contributed by atoms with E-state index < -0.39 is 11.2 Å². The lowest BCUT2D eigenvalue weighted by molar-refractivity contribution is -0.0739. The molecule has 0 aromatic heterocycles. The Balaban J connectivity index is 1.52. The zero-order chi connectivity index (χ0) is 25.6. The van der Waals surface area contributed by atoms with E-state index in [1.807, 2.05) is 0 Å². The fourth-order valence-electron chi connectivity index (χ4n) is 7.58. The summed E-state index contributed by atoms with van der Waals surface area (Å²) in [5, 5.41) is 0. The van der Waals surface area contributed by atoms with Crippen LogP contribution in [0, 0.1) is 0 Å². The molecule has 0 unspecified atom stereocenters. The summed E-state index contributed by atoms with van der Waals surface area (Å²) in [4.78, 5) is 0. The maximum Gasteiger partial charge on any atom is 0.147 e. The van der Waals surface area contributed by atoms with Crippen LogP contribution < -0.4 is 0 Å². The van der Waals surface area contributed by atoms with Gasteiger partial charge in [-0.1, -0.05) is 146 Å². The van der Waals surface area contributed by atoms with Crippen molar-refractivity contribution in [2.45, 2.75) is 11.2 Å². The molecule has 9 rings (SSSR count). The standard InChI is InChI=1S/C38H24O/c1-7-19-31-25(13-1)26-14-2-8-20-32(26)37(31)35-23-11-5-17-29(35)30-18-6-12-24-36(30)38(39-37)33-21-9-3-15-27(33)28-16-4-10-22-34(28)38/h1-24H. The van der Waals surface area contributed by atoms with Gasteiger partial charge in [-0.3, -0.25) is 0 Å². The lowest BCUT2D eigenvalue weighted by atomic mass is 9.80. The van der Waals surface area contributed by atoms with Crippen LogP contribution in [0.1, 0.15) is 33.4 Å². The molecule has 6 aromatic rings. The van der Waals surface area contributed by atoms with Crippen molar-refractivity contribution >= 4 is 0 Å². The average molecular weight is 497 g/mol. The zero-order valence-corrected chi connectivity index (χ0v) is 21.3. The quantitative estimate of drug-likeness (QED) is 0.204. The zero-order valence-electron chi connectivity index (χ0n) is 21.3. The highest BCUT2D eigenvalue weighted by atomic mass is 16.5. The van der Waals surface area contributed by atoms with E-state index in [2.05, 4.69) is 146 Å². The first kappa shape index (κ1) is 21.2. The lowest BCUT2D eigenvalue weighted by Gasteiger charge is -2.42. The van der Waals surface area contributed by atoms with Gasteiger partial charge in [0.1, 0.15) is 11.2 Å². The van der Waals surface area contributed by atoms with Gasteiger partial charge in [0.2, 0.25) is 0 Å². The third-order valence-electron chi connectivity index (χ3n) is 9.01. The molecule has 3 aliphatic rings. The van der Waals surface area contributed by atoms with Gasteiger partial charge >= 0.3 is 0 Å². The molecule has 0 saturated carbocycles. The van der Waals surface area contributed by atoms with Crippen molar-refractivity contribution < 1.29 is 4.74 Å². The third-order valence-corrected chi connectivity index (χ3v) is 9.01. The molecular weight excluding hydrogens is 472 g/mol. The Bertz CT molecular complexity index is 1730. The fraction of sp³-hybridized carbons (Fsp3) is 0.0526. The first-order valence-electron chi connectivity index (χ1n) is 13.6. The molecule has 182 valence electrons. The topological polar surface area (TPSA) is 9.23 Å². The third kappa shape index (κ3) is 2.45. The van der Waals surface area contributed by atoms with Gasteiger partial charge in [0, 0.05) is 33.4 Å². The van der Waals surface area contributed by atoms with Crippen LogP contribution in [0.15, 0.2) is 146 Å². The second kappa shape index (κ2) is 7.44. The molecule has 0 saturated heterocycles. The number of hydrogen-bond donors (Lipinski definition) is 0. The van der Waals surface area contributed by atoms with Gasteiger partial charge in [-0.05, 0) is 33.4 Å². The molecule has 2 aliphatic carbocycles. The molecule has 2 spiro atoms. The van der Waals surface area contributed by atoms with Gasteiger partial charge < -0.3 is 4.74 Å². The molecule has 1 aliphatic heterocycles. The molecule has 0 amide bonds. The van der Waals surface area contributed by atoms with Crippen molar-refractivity contribution in [2.75, 3.05) is 0 Å². The Hall–Kier alpha value is -4.72. The second-order valence-electron chi connectivity index (χ2n) is 10.7. The van der Waals surface area contributed by atoms with Gasteiger partial charge in [0.25, 0.3) is 0 Å². The summed E-state index contributed by atoms with van der Waals surface area (Å²) in [5.41, 5.74) is 13.0. The van der Waals surface area contributed by atoms with Crippen LogP contribution in [0.3, 0.4) is 0 Å². The van der Waals surface area contributed by atoms with Gasteiger partial charge in [0.15, 0.2) is 0 Å². The molecule has 39 heavy (non-hydrogen) atoms. The molecule has 1 heteroatoms. The molecule has 1 heterocycles. The maximum atomic E-state index is 8.07. The van der Waals surface area contributed by atoms with Gasteiger partial charge in [0.05, 0.1) is 0 Å². The highest BCUT2D eigenvalue weighted by molar-refractivity contribution is 5.90. The van der Waals surface area contributed by atoms with E-state index >= 15 is 0 Å². The van der Waals surface area contributed by atoms with E-state index in [9.17, 15) is 0 Å². The van der Waals surface area contributed by atoms with Crippen molar-refractivity contribution in [3.8, 4) is 33.4 Å². The minimum absolute atomic E-state index is 0.798. The van der Waals surface area contributed by atoms with Crippen LogP contribution in [0.25, 0.3) is 33.4 Å². The Kier molecular flexibility index (Phi) is 4.05. The largest absolute Gasteiger partial charge is 0.340 e. The van der Waals surface area contributed by atoms with Crippen molar-refractivity contribution in [3.63, 3.8) is 0 Å². The summed E-state index contributed by atoms with van der Waals surface area (Å²) >= 11 is 0. The summed E-state index contributed by atoms with van der Waals surface area (Å²) in [6.07, 6.45) is 0. The summed E-state index contributed by atoms with van der Waals surface area (Å²) in [6, 6.07) is 52.9. The highest BCUT2D eigenvalue weighted by Gasteiger charge is 2.58. The van der Waals surface area contributed by atoms with E-state index in [-0.39, 0.29) is 0 Å². The Labute approximate surface area is 228 Å². The first-order valence-corrected chi connectivity index (χ1v) is 13.6. The minimum Gasteiger partial charge on any atom is -0.340 e. The van der Waals surface area contributed by atoms with E-state index in [1.54, 1.807) is 0 Å². The number of benzene rings is 6. The highest BCUT2D eigenvalue weighted by Crippen LogP contribution is 2.65. The Morgan fingerprint density at radius 1 is 0.256 bits per heavy atom. The van der Waals surface area contributed by atoms with Crippen molar-refractivity contribution in [3.05, 3.63) is 179 Å². The van der Waals surface area contributed by atoms with Crippen molar-refractivity contribution in [2.24, 2.45) is 0 Å². The first-order chi connectivity index (χ1) is 19.3. The van der Waals surface area contributed by atoms with Crippen LogP contribution in [-0.2, 0) is 15.9 Å². The minimum atomic E-state index is -0.798. The summed E-state index contributed by atoms with van der Waals surface area (Å²) in [7, 11) is 0. The smallest absolute Gasteiger partial charge is 0.147 e. The molecule has 0 atom stereocenters. The molecule has 6 aromatic carbocycles. The summed E-state index contributed by atoms with van der Waals surface area (Å²) < 4.78 is 8.07. The van der Waals surface area contributed by atoms with E-state index in [0.717, 1.165) is 0 Å². The van der Waals surface area contributed by atoms with Crippen LogP contribution in [0.5, 0.6) is 0 Å². The van der Waals surface area contributed by atoms with Crippen LogP contribution >= 0.6 is 0 Å². The number of ether oxygens (including phenoxy) is 1. The SMILES string of the molecule is c1ccc2c(c1)-c1ccccc1C21OC2(c3ccccc3-c3ccccc32)c2ccccc2-c2ccccc21. The van der Waals surface area contributed by atoms with Gasteiger partial charge in [-0.2, -0.15) is 0 Å². The lowest BCUT2D eigenvalue weighted by Crippen LogP contribution is -2.41. The normalized spacial score (nSPS) is 16.0. The fourth-order valence-corrected chi connectivity index (χ4v) is 7.58. The van der Waals surface area contributed by atoms with Crippen molar-refractivity contribution in [1.29, 1.82) is 0 Å². The van der Waals surface area contributed by atoms with Crippen LogP contribution in [0.2, 0.25) is 0 Å². The molecule has 0 N–H and O–H groups in total. The molecule has 1 nitrogen and oxygen atoms in total. The predicted molar refractivity (Wildman–Crippen MR) is 156 cm³/mol. The molecule has 0 bridgehead atoms. The molecule has 0 fully saturated rings. The Morgan fingerprint density at radius 3 is 0.641 bits per heavy atom. The van der Waals surface area contributed by atoms with E-state index in [1.165, 1.54) is 66.8 Å². The second-order valence-corrected chi connectivity index (χ2v) is 10.7. The predicted octanol–water partition coefficient (Wildman–Crippen LogP) is 8.93. The molecular formula is C38H24O. The van der Waals surface area contributed by atoms with Gasteiger partial charge in [-0.25, -0.2) is 0 Å². The molecule has 0 radical (unpaired) electrons. The van der Waals surface area contributed by atoms with E-state index in [0.29, 0.717) is 0 Å². The maximum absolute atomic E-state index is 8.07.